The fraction of sp³-hybridized carbons (Fsp3) is 0.333. The first-order valence-corrected chi connectivity index (χ1v) is 12.0. The Hall–Kier alpha value is -3.57. The van der Waals surface area contributed by atoms with Crippen LogP contribution in [-0.4, -0.2) is 66.9 Å². The van der Waals surface area contributed by atoms with Crippen LogP contribution in [0.1, 0.15) is 11.6 Å². The van der Waals surface area contributed by atoms with Gasteiger partial charge in [-0.05, 0) is 40.8 Å². The quantitative estimate of drug-likeness (QED) is 0.548. The van der Waals surface area contributed by atoms with Gasteiger partial charge in [-0.2, -0.15) is 5.26 Å². The summed E-state index contributed by atoms with van der Waals surface area (Å²) in [6.45, 7) is 0.514. The molecule has 0 radical (unpaired) electrons. The number of fused-ring (bicyclic) bond motifs is 2. The van der Waals surface area contributed by atoms with E-state index in [0.29, 0.717) is 17.3 Å². The molecule has 6 rings (SSSR count). The molecule has 0 aliphatic carbocycles. The normalized spacial score (nSPS) is 25.3. The fourth-order valence-corrected chi connectivity index (χ4v) is 5.88. The van der Waals surface area contributed by atoms with Crippen LogP contribution in [-0.2, 0) is 19.5 Å². The van der Waals surface area contributed by atoms with Crippen LogP contribution in [0.5, 0.6) is 11.5 Å². The molecule has 4 atom stereocenters. The number of tetrazole rings is 1. The van der Waals surface area contributed by atoms with Gasteiger partial charge in [-0.25, -0.2) is 17.8 Å². The highest BCUT2D eigenvalue weighted by Gasteiger charge is 2.50. The Kier molecular flexibility index (Phi) is 4.96. The third-order valence-electron chi connectivity index (χ3n) is 6.07. The first-order chi connectivity index (χ1) is 16.5. The van der Waals surface area contributed by atoms with Crippen LogP contribution in [0.4, 0.5) is 0 Å². The largest absolute Gasteiger partial charge is 0.454 e. The molecular formula is C21H18N6O6S. The van der Waals surface area contributed by atoms with Crippen molar-refractivity contribution < 1.29 is 27.4 Å². The molecule has 0 saturated carbocycles. The number of benzene rings is 2. The molecule has 0 spiro atoms. The van der Waals surface area contributed by atoms with E-state index in [0.717, 1.165) is 5.56 Å². The molecule has 34 heavy (non-hydrogen) atoms. The smallest absolute Gasteiger partial charge is 0.242 e. The topological polar surface area (TPSA) is 150 Å². The monoisotopic (exact) mass is 482 g/mol. The third-order valence-corrected chi connectivity index (χ3v) is 7.62. The number of aromatic nitrogens is 4. The maximum absolute atomic E-state index is 13.0. The minimum atomic E-state index is -3.96. The minimum absolute atomic E-state index is 0.0674. The standard InChI is InChI=1S/C21H18N6O6S/c22-8-13-3-1-2-4-18(13)34(28,29)24-14-9-30-20-15(10-31-19(14)20)27-21(23-25-26-27)12-5-6-16-17(7-12)33-11-32-16/h1-7,14-15,19-20,24H,9-11H2/t14-,15+,19-,20+/m1/s1. The number of hydrogen-bond donors (Lipinski definition) is 1. The number of nitriles is 1. The van der Waals surface area contributed by atoms with Crippen molar-refractivity contribution in [3.05, 3.63) is 48.0 Å². The van der Waals surface area contributed by atoms with Gasteiger partial charge in [0.15, 0.2) is 17.3 Å². The van der Waals surface area contributed by atoms with E-state index in [1.165, 1.54) is 12.1 Å². The van der Waals surface area contributed by atoms with E-state index in [1.807, 2.05) is 12.1 Å². The Morgan fingerprint density at radius 3 is 2.76 bits per heavy atom. The molecule has 0 bridgehead atoms. The highest BCUT2D eigenvalue weighted by Crippen LogP contribution is 2.39. The zero-order valence-corrected chi connectivity index (χ0v) is 18.4. The summed E-state index contributed by atoms with van der Waals surface area (Å²) in [6.07, 6.45) is -1.00. The van der Waals surface area contributed by atoms with Gasteiger partial charge in [-0.1, -0.05) is 12.1 Å². The van der Waals surface area contributed by atoms with E-state index in [9.17, 15) is 13.7 Å². The zero-order chi connectivity index (χ0) is 23.3. The number of nitrogens with one attached hydrogen (secondary N) is 1. The first-order valence-electron chi connectivity index (χ1n) is 10.5. The van der Waals surface area contributed by atoms with E-state index >= 15 is 0 Å². The highest BCUT2D eigenvalue weighted by atomic mass is 32.2. The molecule has 174 valence electrons. The van der Waals surface area contributed by atoms with Crippen LogP contribution in [0.2, 0.25) is 0 Å². The lowest BCUT2D eigenvalue weighted by Crippen LogP contribution is -2.44. The predicted octanol–water partition coefficient (Wildman–Crippen LogP) is 0.626. The molecule has 3 aliphatic heterocycles. The second-order valence-electron chi connectivity index (χ2n) is 8.01. The molecule has 3 aliphatic rings. The molecule has 1 aromatic heterocycles. The van der Waals surface area contributed by atoms with E-state index in [4.69, 9.17) is 18.9 Å². The summed E-state index contributed by atoms with van der Waals surface area (Å²) in [5.41, 5.74) is 0.804. The molecule has 0 unspecified atom stereocenters. The van der Waals surface area contributed by atoms with Gasteiger partial charge in [0, 0.05) is 5.56 Å². The van der Waals surface area contributed by atoms with Crippen LogP contribution in [0.25, 0.3) is 11.4 Å². The van der Waals surface area contributed by atoms with Crippen LogP contribution >= 0.6 is 0 Å². The van der Waals surface area contributed by atoms with Gasteiger partial charge in [-0.15, -0.1) is 5.10 Å². The number of rotatable bonds is 5. The highest BCUT2D eigenvalue weighted by molar-refractivity contribution is 7.89. The van der Waals surface area contributed by atoms with Gasteiger partial charge < -0.3 is 18.9 Å². The van der Waals surface area contributed by atoms with Gasteiger partial charge in [0.25, 0.3) is 0 Å². The maximum atomic E-state index is 13.0. The maximum Gasteiger partial charge on any atom is 0.242 e. The SMILES string of the molecule is N#Cc1ccccc1S(=O)(=O)N[C@@H]1CO[C@@H]2[C@@H]1OC[C@@H]2n1nnnc1-c1ccc2c(c1)OCO2. The second-order valence-corrected chi connectivity index (χ2v) is 9.70. The zero-order valence-electron chi connectivity index (χ0n) is 17.6. The van der Waals surface area contributed by atoms with E-state index in [2.05, 4.69) is 20.2 Å². The number of sulfonamides is 1. The van der Waals surface area contributed by atoms with Gasteiger partial charge in [0.05, 0.1) is 29.7 Å². The first kappa shape index (κ1) is 21.0. The summed E-state index contributed by atoms with van der Waals surface area (Å²) >= 11 is 0. The van der Waals surface area contributed by atoms with Gasteiger partial charge in [0.2, 0.25) is 16.8 Å². The van der Waals surface area contributed by atoms with E-state index in [1.54, 1.807) is 28.9 Å². The molecule has 2 saturated heterocycles. The van der Waals surface area contributed by atoms with Crippen LogP contribution in [0.15, 0.2) is 47.4 Å². The fourth-order valence-electron chi connectivity index (χ4n) is 4.49. The third kappa shape index (κ3) is 3.39. The van der Waals surface area contributed by atoms with Gasteiger partial charge >= 0.3 is 0 Å². The lowest BCUT2D eigenvalue weighted by atomic mass is 10.1. The van der Waals surface area contributed by atoms with Crippen molar-refractivity contribution in [2.75, 3.05) is 20.0 Å². The van der Waals surface area contributed by atoms with Crippen molar-refractivity contribution >= 4 is 10.0 Å². The lowest BCUT2D eigenvalue weighted by molar-refractivity contribution is 0.0626. The van der Waals surface area contributed by atoms with Crippen molar-refractivity contribution in [1.29, 1.82) is 5.26 Å². The van der Waals surface area contributed by atoms with Crippen molar-refractivity contribution in [3.8, 4) is 29.0 Å². The number of ether oxygens (including phenoxy) is 4. The average molecular weight is 482 g/mol. The van der Waals surface area contributed by atoms with Gasteiger partial charge in [0.1, 0.15) is 24.3 Å². The summed E-state index contributed by atoms with van der Waals surface area (Å²) in [4.78, 5) is -0.0823. The van der Waals surface area contributed by atoms with Crippen LogP contribution < -0.4 is 14.2 Å². The van der Waals surface area contributed by atoms with Gasteiger partial charge in [-0.3, -0.25) is 0 Å². The number of hydrogen-bond acceptors (Lipinski definition) is 10. The summed E-state index contributed by atoms with van der Waals surface area (Å²) in [5.74, 6) is 1.76. The Morgan fingerprint density at radius 2 is 1.88 bits per heavy atom. The predicted molar refractivity (Wildman–Crippen MR) is 113 cm³/mol. The number of nitrogens with zero attached hydrogens (tertiary/aromatic N) is 5. The molecule has 12 nitrogen and oxygen atoms in total. The molecule has 3 aromatic rings. The second kappa shape index (κ2) is 8.03. The van der Waals surface area contributed by atoms with Crippen molar-refractivity contribution in [3.63, 3.8) is 0 Å². The van der Waals surface area contributed by atoms with Crippen molar-refractivity contribution in [2.24, 2.45) is 0 Å². The molecular weight excluding hydrogens is 464 g/mol. The lowest BCUT2D eigenvalue weighted by Gasteiger charge is -2.18. The summed E-state index contributed by atoms with van der Waals surface area (Å²) < 4.78 is 52.9. The summed E-state index contributed by atoms with van der Waals surface area (Å²) in [5, 5.41) is 21.4. The Morgan fingerprint density at radius 1 is 1.06 bits per heavy atom. The van der Waals surface area contributed by atoms with Crippen molar-refractivity contribution in [2.45, 2.75) is 29.2 Å². The molecule has 4 heterocycles. The molecule has 13 heteroatoms. The Bertz CT molecular complexity index is 1400. The average Bonchev–Trinajstić information content (AvgIpc) is 3.63. The molecule has 1 N–H and O–H groups in total. The summed E-state index contributed by atoms with van der Waals surface area (Å²) in [6, 6.07) is 12.4. The van der Waals surface area contributed by atoms with Crippen molar-refractivity contribution in [1.82, 2.24) is 24.9 Å². The van der Waals surface area contributed by atoms with Crippen LogP contribution in [0, 0.1) is 11.3 Å². The van der Waals surface area contributed by atoms with Crippen LogP contribution in [0.3, 0.4) is 0 Å². The Labute approximate surface area is 194 Å². The molecule has 0 amide bonds. The van der Waals surface area contributed by atoms with E-state index < -0.39 is 28.3 Å². The Balaban J connectivity index is 1.23. The van der Waals surface area contributed by atoms with E-state index in [-0.39, 0.29) is 36.5 Å². The molecule has 2 aromatic carbocycles. The minimum Gasteiger partial charge on any atom is -0.454 e. The summed E-state index contributed by atoms with van der Waals surface area (Å²) in [7, 11) is -3.96. The molecule has 2 fully saturated rings.